The summed E-state index contributed by atoms with van der Waals surface area (Å²) in [5, 5.41) is 7.45. The van der Waals surface area contributed by atoms with E-state index in [2.05, 4.69) is 14.8 Å². The van der Waals surface area contributed by atoms with Crippen LogP contribution in [0.2, 0.25) is 5.02 Å². The zero-order chi connectivity index (χ0) is 26.4. The van der Waals surface area contributed by atoms with Crippen LogP contribution in [0.4, 0.5) is 4.39 Å². The fourth-order valence-electron chi connectivity index (χ4n) is 4.89. The maximum absolute atomic E-state index is 14.0. The van der Waals surface area contributed by atoms with E-state index in [0.717, 1.165) is 11.3 Å². The predicted molar refractivity (Wildman–Crippen MR) is 145 cm³/mol. The van der Waals surface area contributed by atoms with Crippen molar-refractivity contribution in [1.82, 2.24) is 24.4 Å². The average molecular weight is 569 g/mol. The molecule has 2 aromatic carbocycles. The van der Waals surface area contributed by atoms with Crippen LogP contribution >= 0.6 is 22.9 Å². The van der Waals surface area contributed by atoms with Gasteiger partial charge in [-0.15, -0.1) is 11.3 Å². The van der Waals surface area contributed by atoms with Crippen molar-refractivity contribution in [1.29, 1.82) is 0 Å². The van der Waals surface area contributed by atoms with Crippen molar-refractivity contribution in [3.63, 3.8) is 0 Å². The van der Waals surface area contributed by atoms with Gasteiger partial charge in [-0.1, -0.05) is 35.9 Å². The molecule has 0 radical (unpaired) electrons. The minimum absolute atomic E-state index is 0.202. The van der Waals surface area contributed by atoms with Gasteiger partial charge in [0.05, 0.1) is 10.6 Å². The number of aryl methyl sites for hydroxylation is 1. The number of benzene rings is 2. The largest absolute Gasteiger partial charge is 0.326 e. The average Bonchev–Trinajstić information content (AvgIpc) is 3.65. The first-order chi connectivity index (χ1) is 18.3. The second-order valence-electron chi connectivity index (χ2n) is 9.04. The maximum Gasteiger partial charge on any atom is 0.240 e. The number of aliphatic imine (C=N–C) groups is 1. The van der Waals surface area contributed by atoms with E-state index in [0.29, 0.717) is 35.1 Å². The summed E-state index contributed by atoms with van der Waals surface area (Å²) < 4.78 is 44.9. The van der Waals surface area contributed by atoms with Gasteiger partial charge in [-0.25, -0.2) is 22.5 Å². The van der Waals surface area contributed by atoms with Crippen LogP contribution in [0.5, 0.6) is 0 Å². The van der Waals surface area contributed by atoms with Crippen LogP contribution in [-0.2, 0) is 17.1 Å². The van der Waals surface area contributed by atoms with Crippen molar-refractivity contribution in [3.8, 4) is 0 Å². The highest BCUT2D eigenvalue weighted by Crippen LogP contribution is 2.46. The zero-order valence-corrected chi connectivity index (χ0v) is 22.5. The molecule has 0 bridgehead atoms. The summed E-state index contributed by atoms with van der Waals surface area (Å²) in [6.45, 7) is 0.361. The molecule has 0 amide bonds. The van der Waals surface area contributed by atoms with Crippen LogP contribution in [-0.4, -0.2) is 46.5 Å². The number of thiazole rings is 1. The van der Waals surface area contributed by atoms with Crippen molar-refractivity contribution < 1.29 is 12.8 Å². The van der Waals surface area contributed by atoms with Crippen LogP contribution < -0.4 is 4.72 Å². The lowest BCUT2D eigenvalue weighted by molar-refractivity contribution is 0.518. The Hall–Kier alpha value is -3.38. The summed E-state index contributed by atoms with van der Waals surface area (Å²) >= 11 is 7.98. The summed E-state index contributed by atoms with van der Waals surface area (Å²) in [5.74, 6) is 0.171. The summed E-state index contributed by atoms with van der Waals surface area (Å²) in [4.78, 5) is 11.8. The maximum atomic E-state index is 14.0. The van der Waals surface area contributed by atoms with Gasteiger partial charge in [0.2, 0.25) is 10.0 Å². The van der Waals surface area contributed by atoms with E-state index in [4.69, 9.17) is 16.6 Å². The molecule has 4 heterocycles. The van der Waals surface area contributed by atoms with E-state index < -0.39 is 27.9 Å². The summed E-state index contributed by atoms with van der Waals surface area (Å²) in [6.07, 6.45) is 3.94. The molecule has 2 aliphatic heterocycles. The number of aromatic nitrogens is 3. The second kappa shape index (κ2) is 9.73. The highest BCUT2D eigenvalue weighted by molar-refractivity contribution is 7.89. The van der Waals surface area contributed by atoms with Crippen LogP contribution in [0.15, 0.2) is 88.0 Å². The van der Waals surface area contributed by atoms with E-state index in [1.54, 1.807) is 47.3 Å². The Morgan fingerprint density at radius 3 is 2.66 bits per heavy atom. The van der Waals surface area contributed by atoms with Crippen molar-refractivity contribution >= 4 is 44.4 Å². The standard InChI is InChI=1S/C26H22ClFN6O2S2/c1-33-11-9-21(31-33)23-22-14-17(32-38(35,36)18-5-3-2-4-6-18)15-34(22)25(26-29-10-12-37-26)30-24(23)19-8-7-16(28)13-20(19)27/h2-13,17,24,32H,14-15H2,1H3/t17-,24-/m0/s1. The number of amidine groups is 1. The number of rotatable bonds is 6. The summed E-state index contributed by atoms with van der Waals surface area (Å²) in [6, 6.07) is 13.4. The minimum Gasteiger partial charge on any atom is -0.326 e. The minimum atomic E-state index is -3.75. The molecule has 8 nitrogen and oxygen atoms in total. The van der Waals surface area contributed by atoms with E-state index in [9.17, 15) is 12.8 Å². The van der Waals surface area contributed by atoms with E-state index in [1.807, 2.05) is 29.6 Å². The number of hydrogen-bond donors (Lipinski definition) is 1. The second-order valence-corrected chi connectivity index (χ2v) is 12.1. The first kappa shape index (κ1) is 24.9. The number of nitrogens with one attached hydrogen (secondary N) is 1. The molecular weight excluding hydrogens is 547 g/mol. The molecule has 194 valence electrons. The Balaban J connectivity index is 1.49. The van der Waals surface area contributed by atoms with Crippen molar-refractivity contribution in [2.75, 3.05) is 6.54 Å². The third-order valence-corrected chi connectivity index (χ3v) is 9.14. The van der Waals surface area contributed by atoms with Crippen LogP contribution in [0.3, 0.4) is 0 Å². The fourth-order valence-corrected chi connectivity index (χ4v) is 7.05. The smallest absolute Gasteiger partial charge is 0.240 e. The van der Waals surface area contributed by atoms with Gasteiger partial charge >= 0.3 is 0 Å². The lowest BCUT2D eigenvalue weighted by Gasteiger charge is -2.32. The lowest BCUT2D eigenvalue weighted by atomic mass is 9.92. The monoisotopic (exact) mass is 568 g/mol. The highest BCUT2D eigenvalue weighted by Gasteiger charge is 2.41. The molecule has 2 atom stereocenters. The van der Waals surface area contributed by atoms with Gasteiger partial charge in [0, 0.05) is 65.7 Å². The molecule has 0 aliphatic carbocycles. The predicted octanol–water partition coefficient (Wildman–Crippen LogP) is 4.63. The molecule has 1 fully saturated rings. The van der Waals surface area contributed by atoms with E-state index in [1.165, 1.54) is 23.5 Å². The molecule has 0 unspecified atom stereocenters. The number of nitrogens with zero attached hydrogens (tertiary/aromatic N) is 5. The third kappa shape index (κ3) is 4.55. The SMILES string of the molecule is Cn1ccc(C2=C3C[C@H](NS(=O)(=O)c4ccccc4)CN3C(c3nccs3)=N[C@H]2c2ccc(F)cc2Cl)n1. The third-order valence-electron chi connectivity index (χ3n) is 6.51. The Kier molecular flexibility index (Phi) is 6.39. The van der Waals surface area contributed by atoms with Crippen LogP contribution in [0.1, 0.15) is 28.7 Å². The molecular formula is C26H22ClFN6O2S2. The summed E-state index contributed by atoms with van der Waals surface area (Å²) in [5.41, 5.74) is 2.98. The molecule has 2 aliphatic rings. The van der Waals surface area contributed by atoms with Gasteiger partial charge in [-0.05, 0) is 30.3 Å². The van der Waals surface area contributed by atoms with Gasteiger partial charge in [0.15, 0.2) is 10.8 Å². The van der Waals surface area contributed by atoms with Crippen molar-refractivity contribution in [3.05, 3.63) is 105 Å². The Bertz CT molecular complexity index is 1670. The lowest BCUT2D eigenvalue weighted by Crippen LogP contribution is -2.39. The zero-order valence-electron chi connectivity index (χ0n) is 20.1. The van der Waals surface area contributed by atoms with Gasteiger partial charge in [-0.3, -0.25) is 9.67 Å². The van der Waals surface area contributed by atoms with Gasteiger partial charge in [-0.2, -0.15) is 5.10 Å². The van der Waals surface area contributed by atoms with Crippen molar-refractivity contribution in [2.24, 2.45) is 12.0 Å². The van der Waals surface area contributed by atoms with Crippen LogP contribution in [0, 0.1) is 5.82 Å². The molecule has 1 saturated heterocycles. The molecule has 0 spiro atoms. The van der Waals surface area contributed by atoms with Crippen molar-refractivity contribution in [2.45, 2.75) is 23.4 Å². The number of halogens is 2. The molecule has 38 heavy (non-hydrogen) atoms. The Morgan fingerprint density at radius 1 is 1.16 bits per heavy atom. The molecule has 0 saturated carbocycles. The van der Waals surface area contributed by atoms with Crippen LogP contribution in [0.25, 0.3) is 5.57 Å². The topological polar surface area (TPSA) is 92.5 Å². The molecule has 1 N–H and O–H groups in total. The van der Waals surface area contributed by atoms with Gasteiger partial charge < -0.3 is 4.90 Å². The quantitative estimate of drug-likeness (QED) is 0.366. The molecule has 2 aromatic heterocycles. The first-order valence-corrected chi connectivity index (χ1v) is 14.5. The van der Waals surface area contributed by atoms with E-state index in [-0.39, 0.29) is 9.92 Å². The number of sulfonamides is 1. The molecule has 6 rings (SSSR count). The number of hydrogen-bond acceptors (Lipinski definition) is 7. The summed E-state index contributed by atoms with van der Waals surface area (Å²) in [7, 11) is -1.92. The molecule has 4 aromatic rings. The van der Waals surface area contributed by atoms with E-state index >= 15 is 0 Å². The highest BCUT2D eigenvalue weighted by atomic mass is 35.5. The first-order valence-electron chi connectivity index (χ1n) is 11.8. The Labute approximate surface area is 228 Å². The fraction of sp³-hybridized carbons (Fsp3) is 0.192. The molecule has 12 heteroatoms. The Morgan fingerprint density at radius 2 is 1.97 bits per heavy atom. The van der Waals surface area contributed by atoms with Gasteiger partial charge in [0.1, 0.15) is 11.9 Å². The normalized spacial score (nSPS) is 19.6. The number of fused-ring (bicyclic) bond motifs is 1. The van der Waals surface area contributed by atoms with Gasteiger partial charge in [0.25, 0.3) is 0 Å².